The number of nitrogens with zero attached hydrogens (tertiary/aromatic N) is 3. The molecule has 0 radical (unpaired) electrons. The molecule has 0 bridgehead atoms. The fraction of sp³-hybridized carbons (Fsp3) is 0.0400. The van der Waals surface area contributed by atoms with E-state index in [1.165, 1.54) is 0 Å². The Morgan fingerprint density at radius 3 is 1.63 bits per heavy atom. The molecule has 0 saturated carbocycles. The number of halogens is 1. The molecule has 3 aromatic carbocycles. The molecule has 2 aromatic heterocycles. The minimum Gasteiger partial charge on any atom is -0.492 e. The molecule has 5 aromatic rings. The summed E-state index contributed by atoms with van der Waals surface area (Å²) in [6, 6.07) is 32.3. The summed E-state index contributed by atoms with van der Waals surface area (Å²) in [4.78, 5) is 4.13. The third-order valence-corrected chi connectivity index (χ3v) is 5.71. The largest absolute Gasteiger partial charge is 0.492 e. The second-order valence-corrected chi connectivity index (χ2v) is 7.40. The van der Waals surface area contributed by atoms with E-state index in [2.05, 4.69) is 46.5 Å². The van der Waals surface area contributed by atoms with E-state index in [0.29, 0.717) is 10.9 Å². The first-order valence-electron chi connectivity index (χ1n) is 9.62. The van der Waals surface area contributed by atoms with Gasteiger partial charge in [-0.3, -0.25) is 0 Å². The Labute approximate surface area is 179 Å². The van der Waals surface area contributed by atoms with Gasteiger partial charge in [0, 0.05) is 6.20 Å². The summed E-state index contributed by atoms with van der Waals surface area (Å²) in [7, 11) is 0. The van der Waals surface area contributed by atoms with Crippen molar-refractivity contribution in [3.63, 3.8) is 0 Å². The number of fused-ring (bicyclic) bond motifs is 1. The normalized spacial score (nSPS) is 11.6. The monoisotopic (exact) mass is 411 g/mol. The SMILES string of the molecule is Oc1nn(C(c2ccccc2)(c2ccccc2)c2ccccc2)c2ccnc(Cl)c12. The summed E-state index contributed by atoms with van der Waals surface area (Å²) in [5.74, 6) is -0.143. The molecule has 146 valence electrons. The van der Waals surface area contributed by atoms with E-state index in [4.69, 9.17) is 11.6 Å². The van der Waals surface area contributed by atoms with Gasteiger partial charge < -0.3 is 5.11 Å². The van der Waals surface area contributed by atoms with Crippen molar-refractivity contribution < 1.29 is 5.11 Å². The van der Waals surface area contributed by atoms with Gasteiger partial charge >= 0.3 is 0 Å². The lowest BCUT2D eigenvalue weighted by molar-refractivity contribution is 0.412. The first-order valence-corrected chi connectivity index (χ1v) is 10.00. The summed E-state index contributed by atoms with van der Waals surface area (Å²) in [5.41, 5.74) is 2.91. The van der Waals surface area contributed by atoms with Crippen LogP contribution in [0.5, 0.6) is 5.88 Å². The van der Waals surface area contributed by atoms with Crippen LogP contribution in [0.4, 0.5) is 0 Å². The van der Waals surface area contributed by atoms with Gasteiger partial charge in [-0.15, -0.1) is 5.10 Å². The molecule has 5 rings (SSSR count). The number of hydrogen-bond acceptors (Lipinski definition) is 3. The number of pyridine rings is 1. The van der Waals surface area contributed by atoms with Crippen molar-refractivity contribution in [3.05, 3.63) is 125 Å². The van der Waals surface area contributed by atoms with Crippen LogP contribution in [0.3, 0.4) is 0 Å². The average Bonchev–Trinajstić information content (AvgIpc) is 3.15. The van der Waals surface area contributed by atoms with Crippen molar-refractivity contribution in [2.75, 3.05) is 0 Å². The Hall–Kier alpha value is -3.63. The molecule has 2 heterocycles. The maximum absolute atomic E-state index is 10.7. The smallest absolute Gasteiger partial charge is 0.241 e. The highest BCUT2D eigenvalue weighted by atomic mass is 35.5. The maximum Gasteiger partial charge on any atom is 0.241 e. The van der Waals surface area contributed by atoms with E-state index in [-0.39, 0.29) is 11.0 Å². The molecule has 0 amide bonds. The predicted octanol–water partition coefficient (Wildman–Crippen LogP) is 5.63. The molecule has 0 unspecified atom stereocenters. The molecular weight excluding hydrogens is 394 g/mol. The van der Waals surface area contributed by atoms with Crippen molar-refractivity contribution >= 4 is 22.5 Å². The number of aromatic hydroxyl groups is 1. The van der Waals surface area contributed by atoms with Gasteiger partial charge in [0.2, 0.25) is 5.88 Å². The van der Waals surface area contributed by atoms with Crippen molar-refractivity contribution in [3.8, 4) is 5.88 Å². The third kappa shape index (κ3) is 2.69. The topological polar surface area (TPSA) is 50.9 Å². The Morgan fingerprint density at radius 2 is 1.17 bits per heavy atom. The highest BCUT2D eigenvalue weighted by Crippen LogP contribution is 2.44. The van der Waals surface area contributed by atoms with Crippen LogP contribution in [-0.2, 0) is 5.54 Å². The van der Waals surface area contributed by atoms with E-state index in [1.807, 2.05) is 65.3 Å². The highest BCUT2D eigenvalue weighted by Gasteiger charge is 2.41. The number of aromatic nitrogens is 3. The predicted molar refractivity (Wildman–Crippen MR) is 119 cm³/mol. The van der Waals surface area contributed by atoms with Crippen LogP contribution in [-0.4, -0.2) is 19.9 Å². The van der Waals surface area contributed by atoms with Crippen molar-refractivity contribution in [2.24, 2.45) is 0 Å². The van der Waals surface area contributed by atoms with Crippen LogP contribution < -0.4 is 0 Å². The van der Waals surface area contributed by atoms with Crippen LogP contribution in [0.2, 0.25) is 5.15 Å². The van der Waals surface area contributed by atoms with Gasteiger partial charge in [0.15, 0.2) is 0 Å². The van der Waals surface area contributed by atoms with Gasteiger partial charge in [0.05, 0.1) is 5.52 Å². The molecule has 0 fully saturated rings. The molecular formula is C25H18ClN3O. The van der Waals surface area contributed by atoms with Gasteiger partial charge in [-0.2, -0.15) is 0 Å². The maximum atomic E-state index is 10.7. The number of hydrogen-bond donors (Lipinski definition) is 1. The number of benzene rings is 3. The Kier molecular flexibility index (Phi) is 4.49. The average molecular weight is 412 g/mol. The van der Waals surface area contributed by atoms with E-state index in [9.17, 15) is 5.11 Å². The van der Waals surface area contributed by atoms with Crippen molar-refractivity contribution in [2.45, 2.75) is 5.54 Å². The van der Waals surface area contributed by atoms with Crippen LogP contribution >= 0.6 is 11.6 Å². The molecule has 5 heteroatoms. The lowest BCUT2D eigenvalue weighted by Gasteiger charge is -2.36. The fourth-order valence-corrected chi connectivity index (χ4v) is 4.41. The summed E-state index contributed by atoms with van der Waals surface area (Å²) in [6.45, 7) is 0. The zero-order chi connectivity index (χ0) is 20.6. The first kappa shape index (κ1) is 18.4. The van der Waals surface area contributed by atoms with Crippen molar-refractivity contribution in [1.82, 2.24) is 14.8 Å². The van der Waals surface area contributed by atoms with E-state index >= 15 is 0 Å². The molecule has 1 N–H and O–H groups in total. The lowest BCUT2D eigenvalue weighted by Crippen LogP contribution is -2.38. The van der Waals surface area contributed by atoms with Crippen LogP contribution in [0, 0.1) is 0 Å². The molecule has 0 saturated heterocycles. The zero-order valence-corrected chi connectivity index (χ0v) is 16.7. The minimum atomic E-state index is -0.826. The molecule has 0 aliphatic carbocycles. The summed E-state index contributed by atoms with van der Waals surface area (Å²) >= 11 is 6.34. The van der Waals surface area contributed by atoms with E-state index in [1.54, 1.807) is 6.20 Å². The first-order chi connectivity index (χ1) is 14.7. The second-order valence-electron chi connectivity index (χ2n) is 7.04. The lowest BCUT2D eigenvalue weighted by atomic mass is 9.77. The van der Waals surface area contributed by atoms with Gasteiger partial charge in [-0.1, -0.05) is 103 Å². The Morgan fingerprint density at radius 1 is 0.700 bits per heavy atom. The van der Waals surface area contributed by atoms with Gasteiger partial charge in [-0.25, -0.2) is 9.67 Å². The summed E-state index contributed by atoms with van der Waals surface area (Å²) in [5, 5.41) is 16.0. The van der Waals surface area contributed by atoms with E-state index < -0.39 is 5.54 Å². The van der Waals surface area contributed by atoms with Gasteiger partial charge in [0.25, 0.3) is 0 Å². The van der Waals surface area contributed by atoms with Gasteiger partial charge in [-0.05, 0) is 22.8 Å². The third-order valence-electron chi connectivity index (χ3n) is 5.42. The van der Waals surface area contributed by atoms with Gasteiger partial charge in [0.1, 0.15) is 16.1 Å². The summed E-state index contributed by atoms with van der Waals surface area (Å²) in [6.07, 6.45) is 1.63. The van der Waals surface area contributed by atoms with Crippen LogP contribution in [0.15, 0.2) is 103 Å². The Balaban J connectivity index is 2.00. The second kappa shape index (κ2) is 7.32. The molecule has 0 aliphatic heterocycles. The molecule has 0 atom stereocenters. The highest BCUT2D eigenvalue weighted by molar-refractivity contribution is 6.34. The number of rotatable bonds is 4. The van der Waals surface area contributed by atoms with Crippen LogP contribution in [0.25, 0.3) is 10.9 Å². The minimum absolute atomic E-state index is 0.143. The standard InChI is InChI=1S/C25H18ClN3O/c26-23-22-21(16-17-27-23)29(28-24(22)30)25(18-10-4-1-5-11-18,19-12-6-2-7-13-19)20-14-8-3-9-15-20/h1-17H,(H,28,30). The molecule has 0 spiro atoms. The molecule has 4 nitrogen and oxygen atoms in total. The molecule has 30 heavy (non-hydrogen) atoms. The zero-order valence-electron chi connectivity index (χ0n) is 16.0. The van der Waals surface area contributed by atoms with E-state index in [0.717, 1.165) is 16.7 Å². The van der Waals surface area contributed by atoms with Crippen LogP contribution in [0.1, 0.15) is 16.7 Å². The van der Waals surface area contributed by atoms with Crippen molar-refractivity contribution in [1.29, 1.82) is 0 Å². The fourth-order valence-electron chi connectivity index (χ4n) is 4.17. The summed E-state index contributed by atoms with van der Waals surface area (Å²) < 4.78 is 1.85. The quantitative estimate of drug-likeness (QED) is 0.308. The molecule has 0 aliphatic rings. The Bertz CT molecular complexity index is 1210.